The molecule has 0 saturated carbocycles. The number of aromatic amines is 1. The Balaban J connectivity index is 2.32. The Morgan fingerprint density at radius 2 is 2.27 bits per heavy atom. The molecular weight excluding hydrogens is 190 g/mol. The van der Waals surface area contributed by atoms with Gasteiger partial charge in [0.25, 0.3) is 0 Å². The fourth-order valence-corrected chi connectivity index (χ4v) is 1.60. The van der Waals surface area contributed by atoms with Crippen LogP contribution in [0.3, 0.4) is 0 Å². The van der Waals surface area contributed by atoms with Crippen LogP contribution < -0.4 is 5.73 Å². The molecule has 1 aromatic carbocycles. The van der Waals surface area contributed by atoms with Crippen LogP contribution in [-0.4, -0.2) is 19.7 Å². The van der Waals surface area contributed by atoms with Crippen molar-refractivity contribution in [2.45, 2.75) is 0 Å². The molecule has 0 aliphatic carbocycles. The minimum absolute atomic E-state index is 0.727. The lowest BCUT2D eigenvalue weighted by Crippen LogP contribution is -1.91. The minimum atomic E-state index is 0.727. The van der Waals surface area contributed by atoms with Crippen molar-refractivity contribution in [3.05, 3.63) is 36.9 Å². The van der Waals surface area contributed by atoms with E-state index in [1.54, 1.807) is 12.5 Å². The molecule has 0 bridgehead atoms. The van der Waals surface area contributed by atoms with Crippen molar-refractivity contribution < 1.29 is 0 Å². The molecule has 2 heterocycles. The Kier molecular flexibility index (Phi) is 1.53. The standard InChI is InChI=1S/C10H9N5/c11-7-1-2-9-8(5-7)10(14-13-9)15-4-3-12-6-15/h1-6H,11H2,(H,13,14). The maximum atomic E-state index is 5.74. The quantitative estimate of drug-likeness (QED) is 0.581. The predicted octanol–water partition coefficient (Wildman–Crippen LogP) is 1.33. The molecule has 0 radical (unpaired) electrons. The first kappa shape index (κ1) is 8.05. The van der Waals surface area contributed by atoms with Crippen LogP contribution in [0.2, 0.25) is 0 Å². The van der Waals surface area contributed by atoms with Gasteiger partial charge in [0.15, 0.2) is 5.82 Å². The number of hydrogen-bond donors (Lipinski definition) is 2. The van der Waals surface area contributed by atoms with Gasteiger partial charge in [-0.15, -0.1) is 0 Å². The van der Waals surface area contributed by atoms with E-state index in [-0.39, 0.29) is 0 Å². The zero-order chi connectivity index (χ0) is 10.3. The Morgan fingerprint density at radius 1 is 1.33 bits per heavy atom. The molecule has 0 saturated heterocycles. The molecule has 74 valence electrons. The first-order chi connectivity index (χ1) is 7.34. The molecule has 5 heteroatoms. The van der Waals surface area contributed by atoms with Gasteiger partial charge in [-0.3, -0.25) is 9.67 Å². The average molecular weight is 199 g/mol. The summed E-state index contributed by atoms with van der Waals surface area (Å²) in [5.74, 6) is 0.815. The van der Waals surface area contributed by atoms with Crippen molar-refractivity contribution in [3.63, 3.8) is 0 Å². The maximum Gasteiger partial charge on any atom is 0.167 e. The number of rotatable bonds is 1. The number of hydrogen-bond acceptors (Lipinski definition) is 3. The third-order valence-electron chi connectivity index (χ3n) is 2.32. The summed E-state index contributed by atoms with van der Waals surface area (Å²) in [4.78, 5) is 3.99. The molecule has 0 aliphatic rings. The number of nitrogens with zero attached hydrogens (tertiary/aromatic N) is 3. The van der Waals surface area contributed by atoms with Gasteiger partial charge in [-0.25, -0.2) is 4.98 Å². The summed E-state index contributed by atoms with van der Waals surface area (Å²) >= 11 is 0. The second-order valence-corrected chi connectivity index (χ2v) is 3.32. The van der Waals surface area contributed by atoms with Gasteiger partial charge in [-0.2, -0.15) is 5.10 Å². The number of aromatic nitrogens is 4. The van der Waals surface area contributed by atoms with Gasteiger partial charge >= 0.3 is 0 Å². The second-order valence-electron chi connectivity index (χ2n) is 3.32. The summed E-state index contributed by atoms with van der Waals surface area (Å²) in [6.07, 6.45) is 5.27. The predicted molar refractivity (Wildman–Crippen MR) is 57.6 cm³/mol. The van der Waals surface area contributed by atoms with E-state index in [1.807, 2.05) is 29.0 Å². The Morgan fingerprint density at radius 3 is 3.07 bits per heavy atom. The highest BCUT2D eigenvalue weighted by atomic mass is 15.2. The molecule has 5 nitrogen and oxygen atoms in total. The molecule has 3 N–H and O–H groups in total. The van der Waals surface area contributed by atoms with Crippen LogP contribution in [-0.2, 0) is 0 Å². The summed E-state index contributed by atoms with van der Waals surface area (Å²) in [5.41, 5.74) is 7.43. The van der Waals surface area contributed by atoms with E-state index >= 15 is 0 Å². The largest absolute Gasteiger partial charge is 0.399 e. The van der Waals surface area contributed by atoms with Crippen molar-refractivity contribution in [1.29, 1.82) is 0 Å². The summed E-state index contributed by atoms with van der Waals surface area (Å²) < 4.78 is 1.85. The third kappa shape index (κ3) is 1.17. The number of nitrogens with one attached hydrogen (secondary N) is 1. The molecule has 15 heavy (non-hydrogen) atoms. The van der Waals surface area contributed by atoms with E-state index in [0.717, 1.165) is 22.4 Å². The van der Waals surface area contributed by atoms with Crippen molar-refractivity contribution >= 4 is 16.6 Å². The number of imidazole rings is 1. The van der Waals surface area contributed by atoms with Crippen LogP contribution in [0.15, 0.2) is 36.9 Å². The number of anilines is 1. The van der Waals surface area contributed by atoms with E-state index < -0.39 is 0 Å². The van der Waals surface area contributed by atoms with E-state index in [0.29, 0.717) is 0 Å². The van der Waals surface area contributed by atoms with Gasteiger partial charge in [0.2, 0.25) is 0 Å². The fourth-order valence-electron chi connectivity index (χ4n) is 1.60. The number of fused-ring (bicyclic) bond motifs is 1. The molecule has 0 fully saturated rings. The highest BCUT2D eigenvalue weighted by Gasteiger charge is 2.06. The number of nitrogens with two attached hydrogens (primary N) is 1. The SMILES string of the molecule is Nc1ccc2[nH]nc(-n3ccnc3)c2c1. The van der Waals surface area contributed by atoms with Crippen LogP contribution in [0.5, 0.6) is 0 Å². The molecular formula is C10H9N5. The molecule has 0 unspecified atom stereocenters. The van der Waals surface area contributed by atoms with Gasteiger partial charge < -0.3 is 5.73 Å². The zero-order valence-electron chi connectivity index (χ0n) is 7.88. The monoisotopic (exact) mass is 199 g/mol. The van der Waals surface area contributed by atoms with Crippen LogP contribution in [0.25, 0.3) is 16.7 Å². The van der Waals surface area contributed by atoms with Gasteiger partial charge in [0, 0.05) is 23.5 Å². The van der Waals surface area contributed by atoms with Crippen molar-refractivity contribution in [2.75, 3.05) is 5.73 Å². The molecule has 2 aromatic heterocycles. The number of benzene rings is 1. The van der Waals surface area contributed by atoms with Gasteiger partial charge in [-0.05, 0) is 18.2 Å². The topological polar surface area (TPSA) is 72.5 Å². The zero-order valence-corrected chi connectivity index (χ0v) is 7.88. The first-order valence-electron chi connectivity index (χ1n) is 4.56. The Hall–Kier alpha value is -2.30. The fraction of sp³-hybridized carbons (Fsp3) is 0. The van der Waals surface area contributed by atoms with Crippen molar-refractivity contribution in [1.82, 2.24) is 19.7 Å². The van der Waals surface area contributed by atoms with E-state index in [1.165, 1.54) is 0 Å². The first-order valence-corrected chi connectivity index (χ1v) is 4.56. The number of H-pyrrole nitrogens is 1. The summed E-state index contributed by atoms with van der Waals surface area (Å²) in [6.45, 7) is 0. The minimum Gasteiger partial charge on any atom is -0.399 e. The van der Waals surface area contributed by atoms with Gasteiger partial charge in [0.05, 0.1) is 5.52 Å². The van der Waals surface area contributed by atoms with Crippen LogP contribution in [0, 0.1) is 0 Å². The average Bonchev–Trinajstić information content (AvgIpc) is 2.83. The van der Waals surface area contributed by atoms with E-state index in [9.17, 15) is 0 Å². The molecule has 0 aliphatic heterocycles. The lowest BCUT2D eigenvalue weighted by Gasteiger charge is -1.97. The summed E-state index contributed by atoms with van der Waals surface area (Å²) in [7, 11) is 0. The number of nitrogen functional groups attached to an aromatic ring is 1. The molecule has 0 atom stereocenters. The summed E-state index contributed by atoms with van der Waals surface area (Å²) in [6, 6.07) is 5.66. The van der Waals surface area contributed by atoms with E-state index in [4.69, 9.17) is 5.73 Å². The Labute approximate surface area is 85.5 Å². The molecule has 3 rings (SSSR count). The highest BCUT2D eigenvalue weighted by Crippen LogP contribution is 2.21. The second kappa shape index (κ2) is 2.84. The third-order valence-corrected chi connectivity index (χ3v) is 2.32. The Bertz CT molecular complexity index is 593. The van der Waals surface area contributed by atoms with Crippen LogP contribution >= 0.6 is 0 Å². The van der Waals surface area contributed by atoms with Gasteiger partial charge in [-0.1, -0.05) is 0 Å². The lowest BCUT2D eigenvalue weighted by atomic mass is 10.2. The molecule has 3 aromatic rings. The van der Waals surface area contributed by atoms with E-state index in [2.05, 4.69) is 15.2 Å². The van der Waals surface area contributed by atoms with Crippen molar-refractivity contribution in [2.24, 2.45) is 0 Å². The van der Waals surface area contributed by atoms with Gasteiger partial charge in [0.1, 0.15) is 6.33 Å². The molecule has 0 amide bonds. The smallest absolute Gasteiger partial charge is 0.167 e. The summed E-state index contributed by atoms with van der Waals surface area (Å²) in [5, 5.41) is 8.16. The van der Waals surface area contributed by atoms with Crippen LogP contribution in [0.4, 0.5) is 5.69 Å². The normalized spacial score (nSPS) is 10.9. The van der Waals surface area contributed by atoms with Crippen LogP contribution in [0.1, 0.15) is 0 Å². The maximum absolute atomic E-state index is 5.74. The lowest BCUT2D eigenvalue weighted by molar-refractivity contribution is 0.966. The van der Waals surface area contributed by atoms with Crippen molar-refractivity contribution in [3.8, 4) is 5.82 Å². The molecule has 0 spiro atoms. The highest BCUT2D eigenvalue weighted by molar-refractivity contribution is 5.88.